The summed E-state index contributed by atoms with van der Waals surface area (Å²) in [4.78, 5) is 0. The molecule has 1 aliphatic rings. The number of nitrogen functional groups attached to an aromatic ring is 2. The molecule has 6 N–H and O–H groups in total. The van der Waals surface area contributed by atoms with Crippen molar-refractivity contribution >= 4 is 33.1 Å². The minimum absolute atomic E-state index is 0.546. The quantitative estimate of drug-likeness (QED) is 0.415. The number of rotatable bonds is 3. The van der Waals surface area contributed by atoms with Crippen LogP contribution in [0.2, 0.25) is 0 Å². The minimum Gasteiger partial charge on any atom is -0.399 e. The Morgan fingerprint density at radius 2 is 1.39 bits per heavy atom. The molecule has 0 aromatic heterocycles. The van der Waals surface area contributed by atoms with Crippen molar-refractivity contribution in [2.24, 2.45) is 0 Å². The van der Waals surface area contributed by atoms with Gasteiger partial charge in [0.1, 0.15) is 0 Å². The van der Waals surface area contributed by atoms with Gasteiger partial charge in [0.05, 0.1) is 12.8 Å². The number of aryl methyl sites for hydroxylation is 2. The van der Waals surface area contributed by atoms with Crippen LogP contribution in [0.1, 0.15) is 29.2 Å². The molecule has 0 spiro atoms. The van der Waals surface area contributed by atoms with Gasteiger partial charge in [0.2, 0.25) is 0 Å². The number of allylic oxidation sites excluding steroid dienone is 5. The van der Waals surface area contributed by atoms with E-state index in [9.17, 15) is 8.42 Å². The first kappa shape index (κ1) is 24.1. The normalized spacial score (nSPS) is 13.4. The Morgan fingerprint density at radius 3 is 1.74 bits per heavy atom. The van der Waals surface area contributed by atoms with E-state index in [0.29, 0.717) is 5.71 Å². The standard InChI is InChI=1S/C22H23N3.CH4O4S/c1-13-10-16(4-7-19(13)23)22(17-5-8-20(24)14(2)11-17)18-6-9-21(25)15(3)12-18;1-5-6(2,3)4/h4-12,23H,24-25H2,1-3H3;1H3,(H,2,3,4). The Hall–Kier alpha value is -3.20. The van der Waals surface area contributed by atoms with Gasteiger partial charge >= 0.3 is 10.4 Å². The molecule has 2 aromatic carbocycles. The lowest BCUT2D eigenvalue weighted by Gasteiger charge is -2.17. The second kappa shape index (κ2) is 9.74. The average molecular weight is 442 g/mol. The smallest absolute Gasteiger partial charge is 0.397 e. The van der Waals surface area contributed by atoms with Crippen molar-refractivity contribution in [3.8, 4) is 0 Å². The van der Waals surface area contributed by atoms with Gasteiger partial charge in [-0.15, -0.1) is 0 Å². The van der Waals surface area contributed by atoms with Crippen molar-refractivity contribution in [3.63, 3.8) is 0 Å². The molecule has 3 rings (SSSR count). The molecule has 0 atom stereocenters. The second-order valence-corrected chi connectivity index (χ2v) is 8.33. The van der Waals surface area contributed by atoms with Crippen molar-refractivity contribution in [3.05, 3.63) is 88.0 Å². The number of anilines is 2. The van der Waals surface area contributed by atoms with Crippen LogP contribution in [0.25, 0.3) is 5.57 Å². The van der Waals surface area contributed by atoms with E-state index in [1.807, 2.05) is 57.2 Å². The van der Waals surface area contributed by atoms with Gasteiger partial charge in [0, 0.05) is 11.4 Å². The lowest BCUT2D eigenvalue weighted by molar-refractivity contribution is 0.324. The summed E-state index contributed by atoms with van der Waals surface area (Å²) >= 11 is 0. The molecule has 0 saturated heterocycles. The van der Waals surface area contributed by atoms with E-state index in [1.165, 1.54) is 0 Å². The van der Waals surface area contributed by atoms with E-state index < -0.39 is 10.4 Å². The third-order valence-corrected chi connectivity index (χ3v) is 5.26. The summed E-state index contributed by atoms with van der Waals surface area (Å²) in [6.07, 6.45) is 5.91. The lowest BCUT2D eigenvalue weighted by atomic mass is 9.88. The number of nitrogens with one attached hydrogen (secondary N) is 1. The SMILES string of the molecule is CC1=CC(=C(c2ccc(N)c(C)c2)c2ccc(N)c(C)c2)C=CC1=N.COS(=O)(=O)O. The second-order valence-electron chi connectivity index (χ2n) is 7.14. The molecule has 2 aromatic rings. The maximum absolute atomic E-state index is 9.33. The molecule has 0 aliphatic heterocycles. The van der Waals surface area contributed by atoms with Crippen molar-refractivity contribution in [1.82, 2.24) is 0 Å². The molecular weight excluding hydrogens is 414 g/mol. The zero-order valence-electron chi connectivity index (χ0n) is 17.9. The molecule has 0 bridgehead atoms. The average Bonchev–Trinajstić information content (AvgIpc) is 2.70. The highest BCUT2D eigenvalue weighted by Gasteiger charge is 2.14. The van der Waals surface area contributed by atoms with E-state index >= 15 is 0 Å². The van der Waals surface area contributed by atoms with E-state index in [4.69, 9.17) is 21.4 Å². The van der Waals surface area contributed by atoms with Gasteiger partial charge in [-0.2, -0.15) is 8.42 Å². The number of nitrogens with two attached hydrogens (primary N) is 2. The summed E-state index contributed by atoms with van der Waals surface area (Å²) in [6, 6.07) is 12.2. The lowest BCUT2D eigenvalue weighted by Crippen LogP contribution is -2.02. The Morgan fingerprint density at radius 1 is 0.935 bits per heavy atom. The molecular formula is C23H27N3O4S. The van der Waals surface area contributed by atoms with Crippen LogP contribution >= 0.6 is 0 Å². The summed E-state index contributed by atoms with van der Waals surface area (Å²) in [6.45, 7) is 6.00. The summed E-state index contributed by atoms with van der Waals surface area (Å²) in [5.41, 5.74) is 21.6. The van der Waals surface area contributed by atoms with Crippen molar-refractivity contribution in [1.29, 1.82) is 5.41 Å². The molecule has 0 heterocycles. The number of hydrogen-bond acceptors (Lipinski definition) is 6. The molecule has 1 aliphatic carbocycles. The van der Waals surface area contributed by atoms with Crippen LogP contribution in [0.5, 0.6) is 0 Å². The van der Waals surface area contributed by atoms with Gasteiger partial charge in [-0.1, -0.05) is 18.2 Å². The largest absolute Gasteiger partial charge is 0.399 e. The van der Waals surface area contributed by atoms with E-state index in [-0.39, 0.29) is 0 Å². The molecule has 7 nitrogen and oxygen atoms in total. The molecule has 0 radical (unpaired) electrons. The van der Waals surface area contributed by atoms with Crippen LogP contribution in [-0.2, 0) is 14.6 Å². The monoisotopic (exact) mass is 441 g/mol. The molecule has 0 amide bonds. The predicted molar refractivity (Wildman–Crippen MR) is 126 cm³/mol. The molecule has 0 unspecified atom stereocenters. The molecule has 164 valence electrons. The van der Waals surface area contributed by atoms with Crippen LogP contribution in [0.15, 0.2) is 65.8 Å². The highest BCUT2D eigenvalue weighted by Crippen LogP contribution is 2.33. The Bertz CT molecular complexity index is 1160. The third-order valence-electron chi connectivity index (χ3n) is 4.84. The highest BCUT2D eigenvalue weighted by molar-refractivity contribution is 7.80. The van der Waals surface area contributed by atoms with Crippen molar-refractivity contribution in [2.45, 2.75) is 20.8 Å². The fraction of sp³-hybridized carbons (Fsp3) is 0.174. The van der Waals surface area contributed by atoms with Gasteiger partial charge in [0.15, 0.2) is 0 Å². The summed E-state index contributed by atoms with van der Waals surface area (Å²) in [5, 5.41) is 7.95. The Kier molecular flexibility index (Phi) is 7.56. The zero-order chi connectivity index (χ0) is 23.3. The summed E-state index contributed by atoms with van der Waals surface area (Å²) in [5.74, 6) is 0. The van der Waals surface area contributed by atoms with Crippen LogP contribution in [-0.4, -0.2) is 25.8 Å². The van der Waals surface area contributed by atoms with E-state index in [0.717, 1.165) is 57.5 Å². The van der Waals surface area contributed by atoms with Crippen LogP contribution < -0.4 is 11.5 Å². The number of hydrogen-bond donors (Lipinski definition) is 4. The first-order chi connectivity index (χ1) is 14.4. The minimum atomic E-state index is -4.16. The molecule has 0 saturated carbocycles. The van der Waals surface area contributed by atoms with Crippen LogP contribution in [0.3, 0.4) is 0 Å². The van der Waals surface area contributed by atoms with Crippen LogP contribution in [0, 0.1) is 19.3 Å². The Balaban J connectivity index is 0.000000501. The first-order valence-corrected chi connectivity index (χ1v) is 10.7. The third kappa shape index (κ3) is 6.39. The zero-order valence-corrected chi connectivity index (χ0v) is 18.7. The van der Waals surface area contributed by atoms with E-state index in [2.05, 4.69) is 22.4 Å². The molecule has 8 heteroatoms. The van der Waals surface area contributed by atoms with Gasteiger partial charge in [0.25, 0.3) is 0 Å². The van der Waals surface area contributed by atoms with E-state index in [1.54, 1.807) is 0 Å². The van der Waals surface area contributed by atoms with Gasteiger partial charge in [-0.3, -0.25) is 8.74 Å². The topological polar surface area (TPSA) is 139 Å². The molecule has 0 fully saturated rings. The van der Waals surface area contributed by atoms with Gasteiger partial charge < -0.3 is 16.9 Å². The predicted octanol–water partition coefficient (Wildman–Crippen LogP) is 4.24. The first-order valence-electron chi connectivity index (χ1n) is 9.38. The molecule has 31 heavy (non-hydrogen) atoms. The fourth-order valence-corrected chi connectivity index (χ4v) is 2.98. The van der Waals surface area contributed by atoms with Crippen molar-refractivity contribution < 1.29 is 17.2 Å². The number of benzene rings is 2. The van der Waals surface area contributed by atoms with Crippen LogP contribution in [0.4, 0.5) is 11.4 Å². The maximum Gasteiger partial charge on any atom is 0.397 e. The highest BCUT2D eigenvalue weighted by atomic mass is 32.3. The van der Waals surface area contributed by atoms with Gasteiger partial charge in [-0.25, -0.2) is 0 Å². The Labute approximate surface area is 183 Å². The van der Waals surface area contributed by atoms with Gasteiger partial charge in [-0.05, 0) is 96.2 Å². The summed E-state index contributed by atoms with van der Waals surface area (Å²) < 4.78 is 29.7. The van der Waals surface area contributed by atoms with Crippen molar-refractivity contribution in [2.75, 3.05) is 18.6 Å². The summed E-state index contributed by atoms with van der Waals surface area (Å²) in [7, 11) is -3.29. The fourth-order valence-electron chi connectivity index (χ4n) is 2.98. The maximum atomic E-state index is 9.33.